The number of hydrogen-bond donors (Lipinski definition) is 0. The second-order valence-corrected chi connectivity index (χ2v) is 5.40. The molecule has 1 atom stereocenters. The second-order valence-electron chi connectivity index (χ2n) is 3.46. The molecule has 0 bridgehead atoms. The van der Waals surface area contributed by atoms with Gasteiger partial charge in [-0.15, -0.1) is 0 Å². The largest absolute Gasteiger partial charge is 0.292 e. The van der Waals surface area contributed by atoms with Crippen molar-refractivity contribution in [2.45, 2.75) is 12.5 Å². The van der Waals surface area contributed by atoms with Gasteiger partial charge < -0.3 is 0 Å². The van der Waals surface area contributed by atoms with Crippen molar-refractivity contribution in [1.29, 1.82) is 0 Å². The molecule has 14 heavy (non-hydrogen) atoms. The molecular weight excluding hydrogens is 204 g/mol. The second kappa shape index (κ2) is 4.29. The summed E-state index contributed by atoms with van der Waals surface area (Å²) in [6, 6.07) is 0. The van der Waals surface area contributed by atoms with Crippen LogP contribution in [-0.2, 0) is 14.9 Å². The van der Waals surface area contributed by atoms with Crippen molar-refractivity contribution in [3.63, 3.8) is 0 Å². The van der Waals surface area contributed by atoms with Gasteiger partial charge in [0, 0.05) is 26.8 Å². The first-order valence-corrected chi connectivity index (χ1v) is 6.23. The van der Waals surface area contributed by atoms with Crippen molar-refractivity contribution in [3.8, 4) is 0 Å². The van der Waals surface area contributed by atoms with E-state index in [1.165, 1.54) is 10.6 Å². The zero-order valence-electron chi connectivity index (χ0n) is 8.67. The number of sulfonamides is 1. The SMILES string of the molecule is CN(C)OC1C=CN(S(C)(=O)=O)CC1. The first-order chi connectivity index (χ1) is 6.39. The molecule has 1 aliphatic heterocycles. The number of hydroxylamine groups is 2. The minimum absolute atomic E-state index is 0.0250. The molecule has 1 rings (SSSR count). The Balaban J connectivity index is 2.56. The monoisotopic (exact) mass is 220 g/mol. The Morgan fingerprint density at radius 3 is 2.50 bits per heavy atom. The summed E-state index contributed by atoms with van der Waals surface area (Å²) < 4.78 is 23.6. The Labute approximate surface area is 84.9 Å². The van der Waals surface area contributed by atoms with Gasteiger partial charge >= 0.3 is 0 Å². The van der Waals surface area contributed by atoms with E-state index in [0.29, 0.717) is 13.0 Å². The van der Waals surface area contributed by atoms with Gasteiger partial charge in [0.1, 0.15) is 6.10 Å². The van der Waals surface area contributed by atoms with Gasteiger partial charge in [-0.2, -0.15) is 5.06 Å². The molecule has 0 radical (unpaired) electrons. The van der Waals surface area contributed by atoms with Crippen LogP contribution in [0.5, 0.6) is 0 Å². The maximum atomic E-state index is 11.1. The minimum atomic E-state index is -3.10. The average Bonchev–Trinajstić information content (AvgIpc) is 2.02. The van der Waals surface area contributed by atoms with Gasteiger partial charge in [-0.25, -0.2) is 8.42 Å². The standard InChI is InChI=1S/C8H16N2O3S/c1-9(2)13-8-4-6-10(7-5-8)14(3,11)12/h4,6,8H,5,7H2,1-3H3. The van der Waals surface area contributed by atoms with Crippen molar-refractivity contribution >= 4 is 10.0 Å². The van der Waals surface area contributed by atoms with Crippen molar-refractivity contribution in [1.82, 2.24) is 9.37 Å². The number of hydrogen-bond acceptors (Lipinski definition) is 4. The van der Waals surface area contributed by atoms with Crippen molar-refractivity contribution in [2.75, 3.05) is 26.9 Å². The summed E-state index contributed by atoms with van der Waals surface area (Å²) in [4.78, 5) is 5.38. The summed E-state index contributed by atoms with van der Waals surface area (Å²) in [5.41, 5.74) is 0. The molecule has 0 aliphatic carbocycles. The van der Waals surface area contributed by atoms with Gasteiger partial charge in [0.2, 0.25) is 10.0 Å². The Kier molecular flexibility index (Phi) is 3.52. The maximum Gasteiger partial charge on any atom is 0.231 e. The summed E-state index contributed by atoms with van der Waals surface area (Å²) in [5, 5.41) is 1.62. The van der Waals surface area contributed by atoms with E-state index in [2.05, 4.69) is 0 Å². The molecule has 6 heteroatoms. The molecule has 0 aromatic carbocycles. The maximum absolute atomic E-state index is 11.1. The molecule has 0 spiro atoms. The van der Waals surface area contributed by atoms with E-state index in [9.17, 15) is 8.42 Å². The molecule has 0 fully saturated rings. The molecular formula is C8H16N2O3S. The Morgan fingerprint density at radius 1 is 1.50 bits per heavy atom. The van der Waals surface area contributed by atoms with Gasteiger partial charge in [-0.1, -0.05) is 0 Å². The highest BCUT2D eigenvalue weighted by Gasteiger charge is 2.19. The van der Waals surface area contributed by atoms with Gasteiger partial charge in [0.15, 0.2) is 0 Å². The Morgan fingerprint density at radius 2 is 2.14 bits per heavy atom. The summed E-state index contributed by atoms with van der Waals surface area (Å²) in [7, 11) is 0.504. The van der Waals surface area contributed by atoms with E-state index < -0.39 is 10.0 Å². The molecule has 82 valence electrons. The highest BCUT2D eigenvalue weighted by molar-refractivity contribution is 7.88. The molecule has 0 aromatic heterocycles. The molecule has 0 saturated heterocycles. The van der Waals surface area contributed by atoms with Gasteiger partial charge in [0.25, 0.3) is 0 Å². The Bertz CT molecular complexity index is 311. The lowest BCUT2D eigenvalue weighted by atomic mass is 10.2. The predicted octanol–water partition coefficient (Wildman–Crippen LogP) is 0.0272. The quantitative estimate of drug-likeness (QED) is 0.630. The van der Waals surface area contributed by atoms with Crippen LogP contribution in [0.2, 0.25) is 0 Å². The van der Waals surface area contributed by atoms with E-state index in [0.717, 1.165) is 0 Å². The summed E-state index contributed by atoms with van der Waals surface area (Å²) >= 11 is 0. The molecule has 0 N–H and O–H groups in total. The van der Waals surface area contributed by atoms with Crippen molar-refractivity contribution in [2.24, 2.45) is 0 Å². The first-order valence-electron chi connectivity index (χ1n) is 4.39. The van der Waals surface area contributed by atoms with Gasteiger partial charge in [-0.05, 0) is 12.5 Å². The number of nitrogens with zero attached hydrogens (tertiary/aromatic N) is 2. The highest BCUT2D eigenvalue weighted by atomic mass is 32.2. The predicted molar refractivity (Wildman–Crippen MR) is 53.9 cm³/mol. The third-order valence-corrected chi connectivity index (χ3v) is 3.03. The van der Waals surface area contributed by atoms with Crippen LogP contribution in [0.1, 0.15) is 6.42 Å². The fraction of sp³-hybridized carbons (Fsp3) is 0.750. The van der Waals surface area contributed by atoms with Crippen LogP contribution in [0.15, 0.2) is 12.3 Å². The van der Waals surface area contributed by atoms with Crippen molar-refractivity contribution in [3.05, 3.63) is 12.3 Å². The third-order valence-electron chi connectivity index (χ3n) is 1.87. The van der Waals surface area contributed by atoms with E-state index in [4.69, 9.17) is 4.84 Å². The fourth-order valence-electron chi connectivity index (χ4n) is 1.25. The van der Waals surface area contributed by atoms with Crippen LogP contribution in [0.3, 0.4) is 0 Å². The zero-order chi connectivity index (χ0) is 10.8. The van der Waals surface area contributed by atoms with E-state index >= 15 is 0 Å². The van der Waals surface area contributed by atoms with Crippen LogP contribution in [-0.4, -0.2) is 50.8 Å². The molecule has 0 saturated carbocycles. The molecule has 1 unspecified atom stereocenters. The summed E-state index contributed by atoms with van der Waals surface area (Å²) in [5.74, 6) is 0. The fourth-order valence-corrected chi connectivity index (χ4v) is 1.98. The Hall–Kier alpha value is -0.590. The summed E-state index contributed by atoms with van der Waals surface area (Å²) in [6.45, 7) is 0.480. The van der Waals surface area contributed by atoms with Crippen LogP contribution >= 0.6 is 0 Å². The lowest BCUT2D eigenvalue weighted by molar-refractivity contribution is -0.151. The molecule has 1 heterocycles. The van der Waals surface area contributed by atoms with Crippen LogP contribution in [0, 0.1) is 0 Å². The molecule has 1 aliphatic rings. The first kappa shape index (κ1) is 11.5. The van der Waals surface area contributed by atoms with Gasteiger partial charge in [0.05, 0.1) is 6.26 Å². The third kappa shape index (κ3) is 3.28. The van der Waals surface area contributed by atoms with E-state index in [1.54, 1.807) is 31.4 Å². The number of rotatable bonds is 3. The zero-order valence-corrected chi connectivity index (χ0v) is 9.49. The van der Waals surface area contributed by atoms with Crippen LogP contribution in [0.4, 0.5) is 0 Å². The van der Waals surface area contributed by atoms with Crippen molar-refractivity contribution < 1.29 is 13.3 Å². The highest BCUT2D eigenvalue weighted by Crippen LogP contribution is 2.13. The minimum Gasteiger partial charge on any atom is -0.292 e. The lowest BCUT2D eigenvalue weighted by Crippen LogP contribution is -2.34. The average molecular weight is 220 g/mol. The van der Waals surface area contributed by atoms with Gasteiger partial charge in [-0.3, -0.25) is 9.14 Å². The molecule has 5 nitrogen and oxygen atoms in total. The van der Waals surface area contributed by atoms with Crippen LogP contribution in [0.25, 0.3) is 0 Å². The lowest BCUT2D eigenvalue weighted by Gasteiger charge is -2.27. The van der Waals surface area contributed by atoms with Crippen LogP contribution < -0.4 is 0 Å². The van der Waals surface area contributed by atoms with E-state index in [-0.39, 0.29) is 6.10 Å². The topological polar surface area (TPSA) is 49.9 Å². The summed E-state index contributed by atoms with van der Waals surface area (Å²) in [6.07, 6.45) is 5.17. The van der Waals surface area contributed by atoms with E-state index in [1.807, 2.05) is 0 Å². The normalized spacial score (nSPS) is 23.1. The molecule has 0 aromatic rings. The molecule has 0 amide bonds. The smallest absolute Gasteiger partial charge is 0.231 e.